The van der Waals surface area contributed by atoms with Crippen LogP contribution in [0.5, 0.6) is 0 Å². The molecule has 4 rings (SSSR count). The number of anilines is 2. The van der Waals surface area contributed by atoms with Crippen molar-refractivity contribution in [3.05, 3.63) is 59.7 Å². The highest BCUT2D eigenvalue weighted by Gasteiger charge is 2.24. The summed E-state index contributed by atoms with van der Waals surface area (Å²) in [6.45, 7) is 3.77. The third kappa shape index (κ3) is 2.77. The van der Waals surface area contributed by atoms with Gasteiger partial charge in [-0.3, -0.25) is 4.79 Å². The number of fused-ring (bicyclic) bond motifs is 2. The van der Waals surface area contributed by atoms with Crippen molar-refractivity contribution in [2.24, 2.45) is 0 Å². The van der Waals surface area contributed by atoms with Gasteiger partial charge in [-0.25, -0.2) is 0 Å². The van der Waals surface area contributed by atoms with Gasteiger partial charge in [0.2, 0.25) is 5.91 Å². The molecule has 2 aliphatic heterocycles. The molecule has 0 unspecified atom stereocenters. The minimum absolute atomic E-state index is 0.219. The zero-order chi connectivity index (χ0) is 15.6. The Labute approximate surface area is 136 Å². The average Bonchev–Trinajstić information content (AvgIpc) is 2.61. The van der Waals surface area contributed by atoms with E-state index in [4.69, 9.17) is 0 Å². The Kier molecular flexibility index (Phi) is 3.66. The first-order chi connectivity index (χ1) is 11.3. The Bertz CT molecular complexity index is 728. The topological polar surface area (TPSA) is 35.6 Å². The number of hydrogen-bond acceptors (Lipinski definition) is 3. The fourth-order valence-electron chi connectivity index (χ4n) is 3.48. The van der Waals surface area contributed by atoms with Crippen molar-refractivity contribution in [3.8, 4) is 0 Å². The maximum Gasteiger partial charge on any atom is 0.242 e. The van der Waals surface area contributed by atoms with E-state index < -0.39 is 0 Å². The molecule has 1 N–H and O–H groups in total. The molecule has 2 aromatic carbocycles. The second kappa shape index (κ2) is 5.95. The lowest BCUT2D eigenvalue weighted by Crippen LogP contribution is -2.45. The fourth-order valence-corrected chi connectivity index (χ4v) is 3.48. The largest absolute Gasteiger partial charge is 0.382 e. The molecule has 0 aliphatic carbocycles. The first-order valence-corrected chi connectivity index (χ1v) is 8.24. The van der Waals surface area contributed by atoms with Crippen LogP contribution in [0.25, 0.3) is 0 Å². The van der Waals surface area contributed by atoms with Gasteiger partial charge in [-0.15, -0.1) is 0 Å². The van der Waals surface area contributed by atoms with E-state index in [9.17, 15) is 4.79 Å². The Morgan fingerprint density at radius 2 is 1.78 bits per heavy atom. The number of nitrogens with one attached hydrogen (secondary N) is 1. The van der Waals surface area contributed by atoms with Crippen molar-refractivity contribution < 1.29 is 4.79 Å². The first-order valence-electron chi connectivity index (χ1n) is 8.24. The second-order valence-corrected chi connectivity index (χ2v) is 6.20. The predicted molar refractivity (Wildman–Crippen MR) is 92.7 cm³/mol. The van der Waals surface area contributed by atoms with Crippen molar-refractivity contribution in [2.45, 2.75) is 13.0 Å². The summed E-state index contributed by atoms with van der Waals surface area (Å²) in [7, 11) is 0. The molecule has 0 radical (unpaired) electrons. The maximum absolute atomic E-state index is 12.7. The number of carbonyl (C=O) groups is 1. The summed E-state index contributed by atoms with van der Waals surface area (Å²) in [5.41, 5.74) is 4.91. The third-order valence-electron chi connectivity index (χ3n) is 4.75. The Hall–Kier alpha value is -2.49. The van der Waals surface area contributed by atoms with Crippen LogP contribution < -0.4 is 10.2 Å². The zero-order valence-corrected chi connectivity index (χ0v) is 13.2. The summed E-state index contributed by atoms with van der Waals surface area (Å²) < 4.78 is 0. The van der Waals surface area contributed by atoms with Crippen LogP contribution in [0.2, 0.25) is 0 Å². The Morgan fingerprint density at radius 3 is 2.70 bits per heavy atom. The van der Waals surface area contributed by atoms with Crippen LogP contribution in [-0.4, -0.2) is 37.0 Å². The molecule has 118 valence electrons. The van der Waals surface area contributed by atoms with Gasteiger partial charge >= 0.3 is 0 Å². The van der Waals surface area contributed by atoms with Crippen molar-refractivity contribution in [2.75, 3.05) is 36.4 Å². The number of carbonyl (C=O) groups excluding carboxylic acids is 1. The molecule has 0 atom stereocenters. The van der Waals surface area contributed by atoms with E-state index in [0.29, 0.717) is 6.54 Å². The summed E-state index contributed by atoms with van der Waals surface area (Å²) in [5, 5.41) is 3.39. The van der Waals surface area contributed by atoms with Crippen LogP contribution >= 0.6 is 0 Å². The van der Waals surface area contributed by atoms with E-state index >= 15 is 0 Å². The van der Waals surface area contributed by atoms with Crippen molar-refractivity contribution in [1.29, 1.82) is 0 Å². The van der Waals surface area contributed by atoms with Crippen LogP contribution in [0.1, 0.15) is 11.1 Å². The quantitative estimate of drug-likeness (QED) is 0.926. The van der Waals surface area contributed by atoms with Gasteiger partial charge in [0.15, 0.2) is 0 Å². The summed E-state index contributed by atoms with van der Waals surface area (Å²) in [5.74, 6) is 0.219. The highest BCUT2D eigenvalue weighted by Crippen LogP contribution is 2.28. The van der Waals surface area contributed by atoms with Crippen LogP contribution in [0.15, 0.2) is 48.5 Å². The highest BCUT2D eigenvalue weighted by molar-refractivity contribution is 5.84. The molecule has 2 aromatic rings. The number of nitrogens with zero attached hydrogens (tertiary/aromatic N) is 2. The molecule has 4 nitrogen and oxygen atoms in total. The van der Waals surface area contributed by atoms with Crippen molar-refractivity contribution in [1.82, 2.24) is 4.90 Å². The smallest absolute Gasteiger partial charge is 0.242 e. The monoisotopic (exact) mass is 307 g/mol. The molecule has 2 heterocycles. The molecule has 1 amide bonds. The normalized spacial score (nSPS) is 16.3. The number of para-hydroxylation sites is 2. The number of amides is 1. The van der Waals surface area contributed by atoms with Gasteiger partial charge in [-0.05, 0) is 29.7 Å². The molecule has 23 heavy (non-hydrogen) atoms. The number of hydrogen-bond donors (Lipinski definition) is 1. The van der Waals surface area contributed by atoms with E-state index in [-0.39, 0.29) is 5.91 Å². The van der Waals surface area contributed by atoms with Gasteiger partial charge < -0.3 is 15.1 Å². The molecule has 0 fully saturated rings. The van der Waals surface area contributed by atoms with Gasteiger partial charge in [0, 0.05) is 26.2 Å². The van der Waals surface area contributed by atoms with Gasteiger partial charge in [-0.1, -0.05) is 36.4 Å². The minimum atomic E-state index is 0.219. The highest BCUT2D eigenvalue weighted by atomic mass is 16.2. The van der Waals surface area contributed by atoms with E-state index in [0.717, 1.165) is 44.0 Å². The number of rotatable bonds is 2. The molecule has 0 saturated carbocycles. The molecule has 4 heteroatoms. The Balaban J connectivity index is 1.47. The summed E-state index contributed by atoms with van der Waals surface area (Å²) in [4.78, 5) is 16.9. The molecule has 0 aromatic heterocycles. The summed E-state index contributed by atoms with van der Waals surface area (Å²) in [6, 6.07) is 16.6. The minimum Gasteiger partial charge on any atom is -0.382 e. The second-order valence-electron chi connectivity index (χ2n) is 6.20. The summed E-state index contributed by atoms with van der Waals surface area (Å²) >= 11 is 0. The van der Waals surface area contributed by atoms with E-state index in [1.807, 2.05) is 17.0 Å². The Morgan fingerprint density at radius 1 is 1.00 bits per heavy atom. The van der Waals surface area contributed by atoms with Crippen LogP contribution in [0.3, 0.4) is 0 Å². The molecular weight excluding hydrogens is 286 g/mol. The van der Waals surface area contributed by atoms with E-state index in [1.54, 1.807) is 0 Å². The summed E-state index contributed by atoms with van der Waals surface area (Å²) in [6.07, 6.45) is 0.958. The van der Waals surface area contributed by atoms with Crippen LogP contribution in [-0.2, 0) is 17.8 Å². The van der Waals surface area contributed by atoms with Crippen LogP contribution in [0.4, 0.5) is 11.4 Å². The van der Waals surface area contributed by atoms with Crippen LogP contribution in [0, 0.1) is 0 Å². The predicted octanol–water partition coefficient (Wildman–Crippen LogP) is 2.50. The maximum atomic E-state index is 12.7. The lowest BCUT2D eigenvalue weighted by atomic mass is 10.00. The molecule has 2 aliphatic rings. The lowest BCUT2D eigenvalue weighted by molar-refractivity contribution is -0.130. The van der Waals surface area contributed by atoms with Gasteiger partial charge in [0.1, 0.15) is 0 Å². The van der Waals surface area contributed by atoms with Gasteiger partial charge in [0.25, 0.3) is 0 Å². The SMILES string of the molecule is O=C(CN1CCNc2ccccc21)N1CCc2ccccc2C1. The standard InChI is InChI=1S/C19H21N3O/c23-19(22-11-9-15-5-1-2-6-16(15)13-22)14-21-12-10-20-17-7-3-4-8-18(17)21/h1-8,20H,9-14H2. The van der Waals surface area contributed by atoms with Crippen molar-refractivity contribution in [3.63, 3.8) is 0 Å². The molecule has 0 bridgehead atoms. The average molecular weight is 307 g/mol. The van der Waals surface area contributed by atoms with Gasteiger partial charge in [0.05, 0.1) is 17.9 Å². The zero-order valence-electron chi connectivity index (χ0n) is 13.2. The molecular formula is C19H21N3O. The molecule has 0 spiro atoms. The fraction of sp³-hybridized carbons (Fsp3) is 0.316. The van der Waals surface area contributed by atoms with Gasteiger partial charge in [-0.2, -0.15) is 0 Å². The lowest BCUT2D eigenvalue weighted by Gasteiger charge is -2.35. The molecule has 0 saturated heterocycles. The van der Waals surface area contributed by atoms with E-state index in [2.05, 4.69) is 46.6 Å². The van der Waals surface area contributed by atoms with E-state index in [1.165, 1.54) is 11.1 Å². The van der Waals surface area contributed by atoms with Crippen molar-refractivity contribution >= 4 is 17.3 Å². The number of benzene rings is 2. The third-order valence-corrected chi connectivity index (χ3v) is 4.75. The first kappa shape index (κ1) is 14.1.